The van der Waals surface area contributed by atoms with Crippen LogP contribution in [0.2, 0.25) is 0 Å². The summed E-state index contributed by atoms with van der Waals surface area (Å²) in [5.41, 5.74) is 0. The standard InChI is InChI=1S/C8H14FNO3/c9-6-1-2-7(10-8(12)13)5(3-6)4-11/h5-7,10-11H,1-4H2,(H,12,13)/t5-,6-,7+/m1/s1. The summed E-state index contributed by atoms with van der Waals surface area (Å²) >= 11 is 0. The fourth-order valence-electron chi connectivity index (χ4n) is 1.76. The number of nitrogens with one attached hydrogen (secondary N) is 1. The van der Waals surface area contributed by atoms with Crippen LogP contribution in [0.1, 0.15) is 19.3 Å². The van der Waals surface area contributed by atoms with Crippen molar-refractivity contribution in [2.45, 2.75) is 31.5 Å². The molecule has 3 atom stereocenters. The van der Waals surface area contributed by atoms with Gasteiger partial charge in [0.05, 0.1) is 0 Å². The smallest absolute Gasteiger partial charge is 0.404 e. The van der Waals surface area contributed by atoms with Crippen molar-refractivity contribution in [2.75, 3.05) is 6.61 Å². The Morgan fingerprint density at radius 2 is 2.23 bits per heavy atom. The van der Waals surface area contributed by atoms with Crippen molar-refractivity contribution in [1.82, 2.24) is 5.32 Å². The predicted molar refractivity (Wildman–Crippen MR) is 44.3 cm³/mol. The molecule has 13 heavy (non-hydrogen) atoms. The molecule has 1 rings (SSSR count). The van der Waals surface area contributed by atoms with E-state index in [1.807, 2.05) is 0 Å². The summed E-state index contributed by atoms with van der Waals surface area (Å²) in [5, 5.41) is 19.6. The zero-order chi connectivity index (χ0) is 9.84. The van der Waals surface area contributed by atoms with Gasteiger partial charge < -0.3 is 15.5 Å². The first-order valence-corrected chi connectivity index (χ1v) is 4.38. The van der Waals surface area contributed by atoms with Crippen LogP contribution in [0.25, 0.3) is 0 Å². The Morgan fingerprint density at radius 1 is 1.54 bits per heavy atom. The maximum Gasteiger partial charge on any atom is 0.404 e. The van der Waals surface area contributed by atoms with Crippen molar-refractivity contribution >= 4 is 6.09 Å². The Hall–Kier alpha value is -0.840. The van der Waals surface area contributed by atoms with Crippen LogP contribution in [0, 0.1) is 5.92 Å². The summed E-state index contributed by atoms with van der Waals surface area (Å²) in [7, 11) is 0. The zero-order valence-electron chi connectivity index (χ0n) is 7.24. The van der Waals surface area contributed by atoms with Gasteiger partial charge in [-0.05, 0) is 19.3 Å². The maximum atomic E-state index is 12.8. The van der Waals surface area contributed by atoms with Crippen LogP contribution in [0.3, 0.4) is 0 Å². The number of rotatable bonds is 2. The van der Waals surface area contributed by atoms with E-state index in [0.29, 0.717) is 12.8 Å². The number of carbonyl (C=O) groups is 1. The van der Waals surface area contributed by atoms with E-state index in [0.717, 1.165) is 0 Å². The number of alkyl halides is 1. The molecule has 76 valence electrons. The van der Waals surface area contributed by atoms with Gasteiger partial charge >= 0.3 is 6.09 Å². The van der Waals surface area contributed by atoms with Crippen molar-refractivity contribution in [2.24, 2.45) is 5.92 Å². The fraction of sp³-hybridized carbons (Fsp3) is 0.875. The van der Waals surface area contributed by atoms with E-state index in [9.17, 15) is 9.18 Å². The minimum atomic E-state index is -1.11. The highest BCUT2D eigenvalue weighted by Gasteiger charge is 2.30. The number of aliphatic hydroxyl groups excluding tert-OH is 1. The Bertz CT molecular complexity index is 188. The van der Waals surface area contributed by atoms with E-state index in [2.05, 4.69) is 5.32 Å². The van der Waals surface area contributed by atoms with Crippen LogP contribution in [-0.4, -0.2) is 35.1 Å². The molecule has 0 unspecified atom stereocenters. The lowest BCUT2D eigenvalue weighted by atomic mass is 9.84. The van der Waals surface area contributed by atoms with Crippen LogP contribution >= 0.6 is 0 Å². The van der Waals surface area contributed by atoms with Crippen molar-refractivity contribution in [1.29, 1.82) is 0 Å². The second-order valence-corrected chi connectivity index (χ2v) is 3.41. The van der Waals surface area contributed by atoms with E-state index in [1.165, 1.54) is 0 Å². The number of amides is 1. The topological polar surface area (TPSA) is 69.6 Å². The monoisotopic (exact) mass is 191 g/mol. The third kappa shape index (κ3) is 2.84. The number of aliphatic hydroxyl groups is 1. The Balaban J connectivity index is 2.47. The molecule has 0 aliphatic heterocycles. The SMILES string of the molecule is O=C(O)N[C@H]1CC[C@@H](F)C[C@@H]1CO. The van der Waals surface area contributed by atoms with E-state index in [-0.39, 0.29) is 25.0 Å². The Labute approximate surface area is 75.8 Å². The second-order valence-electron chi connectivity index (χ2n) is 3.41. The molecule has 0 bridgehead atoms. The van der Waals surface area contributed by atoms with Gasteiger partial charge in [0.15, 0.2) is 0 Å². The molecule has 3 N–H and O–H groups in total. The van der Waals surface area contributed by atoms with Crippen LogP contribution in [0.4, 0.5) is 9.18 Å². The summed E-state index contributed by atoms with van der Waals surface area (Å²) < 4.78 is 12.8. The van der Waals surface area contributed by atoms with Gasteiger partial charge in [0, 0.05) is 18.6 Å². The molecule has 1 fully saturated rings. The lowest BCUT2D eigenvalue weighted by molar-refractivity contribution is 0.101. The third-order valence-corrected chi connectivity index (χ3v) is 2.46. The summed E-state index contributed by atoms with van der Waals surface area (Å²) in [4.78, 5) is 10.3. The minimum absolute atomic E-state index is 0.161. The number of hydrogen-bond acceptors (Lipinski definition) is 2. The van der Waals surface area contributed by atoms with Crippen molar-refractivity contribution in [3.05, 3.63) is 0 Å². The van der Waals surface area contributed by atoms with Crippen molar-refractivity contribution < 1.29 is 19.4 Å². The largest absolute Gasteiger partial charge is 0.465 e. The van der Waals surface area contributed by atoms with Gasteiger partial charge in [-0.25, -0.2) is 9.18 Å². The molecular formula is C8H14FNO3. The van der Waals surface area contributed by atoms with Crippen molar-refractivity contribution in [3.8, 4) is 0 Å². The highest BCUT2D eigenvalue weighted by Crippen LogP contribution is 2.26. The summed E-state index contributed by atoms with van der Waals surface area (Å²) in [6.07, 6.45) is -0.911. The quantitative estimate of drug-likeness (QED) is 0.603. The van der Waals surface area contributed by atoms with Gasteiger partial charge in [-0.1, -0.05) is 0 Å². The molecule has 1 aliphatic rings. The molecule has 0 heterocycles. The molecule has 5 heteroatoms. The molecule has 0 saturated heterocycles. The first kappa shape index (κ1) is 10.2. The Morgan fingerprint density at radius 3 is 2.77 bits per heavy atom. The molecule has 0 aromatic heterocycles. The van der Waals surface area contributed by atoms with E-state index >= 15 is 0 Å². The lowest BCUT2D eigenvalue weighted by Gasteiger charge is -2.31. The molecule has 0 radical (unpaired) electrons. The highest BCUT2D eigenvalue weighted by atomic mass is 19.1. The molecule has 0 spiro atoms. The molecule has 4 nitrogen and oxygen atoms in total. The zero-order valence-corrected chi connectivity index (χ0v) is 7.24. The number of carboxylic acid groups (broad SMARTS) is 1. The predicted octanol–water partition coefficient (Wildman–Crippen LogP) is 0.753. The van der Waals surface area contributed by atoms with Gasteiger partial charge in [0.25, 0.3) is 0 Å². The highest BCUT2D eigenvalue weighted by molar-refractivity contribution is 5.64. The second kappa shape index (κ2) is 4.41. The van der Waals surface area contributed by atoms with Crippen LogP contribution in [-0.2, 0) is 0 Å². The van der Waals surface area contributed by atoms with Gasteiger partial charge in [-0.2, -0.15) is 0 Å². The summed E-state index contributed by atoms with van der Waals surface area (Å²) in [6, 6.07) is -0.297. The molecule has 0 aromatic rings. The van der Waals surface area contributed by atoms with Crippen molar-refractivity contribution in [3.63, 3.8) is 0 Å². The molecule has 0 aromatic carbocycles. The minimum Gasteiger partial charge on any atom is -0.465 e. The number of hydrogen-bond donors (Lipinski definition) is 3. The molecular weight excluding hydrogens is 177 g/mol. The summed E-state index contributed by atoms with van der Waals surface area (Å²) in [6.45, 7) is -0.161. The van der Waals surface area contributed by atoms with E-state index in [1.54, 1.807) is 0 Å². The Kier molecular flexibility index (Phi) is 3.48. The van der Waals surface area contributed by atoms with Crippen LogP contribution in [0.15, 0.2) is 0 Å². The third-order valence-electron chi connectivity index (χ3n) is 2.46. The summed E-state index contributed by atoms with van der Waals surface area (Å²) in [5.74, 6) is -0.278. The maximum absolute atomic E-state index is 12.8. The lowest BCUT2D eigenvalue weighted by Crippen LogP contribution is -2.44. The van der Waals surface area contributed by atoms with E-state index in [4.69, 9.17) is 10.2 Å². The average molecular weight is 191 g/mol. The fourth-order valence-corrected chi connectivity index (χ4v) is 1.76. The first-order chi connectivity index (χ1) is 6.13. The van der Waals surface area contributed by atoms with Gasteiger partial charge in [0.1, 0.15) is 6.17 Å². The van der Waals surface area contributed by atoms with Gasteiger partial charge in [-0.15, -0.1) is 0 Å². The first-order valence-electron chi connectivity index (χ1n) is 4.38. The average Bonchev–Trinajstić information content (AvgIpc) is 2.07. The normalized spacial score (nSPS) is 34.2. The van der Waals surface area contributed by atoms with Gasteiger partial charge in [-0.3, -0.25) is 0 Å². The van der Waals surface area contributed by atoms with E-state index < -0.39 is 12.3 Å². The molecule has 1 aliphatic carbocycles. The van der Waals surface area contributed by atoms with Gasteiger partial charge in [0.2, 0.25) is 0 Å². The number of halogens is 1. The van der Waals surface area contributed by atoms with Crippen LogP contribution in [0.5, 0.6) is 0 Å². The molecule has 1 amide bonds. The van der Waals surface area contributed by atoms with Crippen LogP contribution < -0.4 is 5.32 Å². The molecule has 1 saturated carbocycles.